The minimum atomic E-state index is 0.587. The van der Waals surface area contributed by atoms with E-state index in [9.17, 15) is 0 Å². The van der Waals surface area contributed by atoms with Crippen LogP contribution in [0.5, 0.6) is 0 Å². The molecule has 0 unspecified atom stereocenters. The van der Waals surface area contributed by atoms with Crippen LogP contribution in [0.4, 0.5) is 0 Å². The minimum absolute atomic E-state index is 0.587. The summed E-state index contributed by atoms with van der Waals surface area (Å²) in [5, 5.41) is 6.60. The molecule has 0 radical (unpaired) electrons. The van der Waals surface area contributed by atoms with E-state index in [1.807, 2.05) is 66.7 Å². The first-order valence-electron chi connectivity index (χ1n) is 18.0. The number of hydrogen-bond acceptors (Lipinski definition) is 5. The van der Waals surface area contributed by atoms with Crippen molar-refractivity contribution < 1.29 is 8.83 Å². The molecule has 54 heavy (non-hydrogen) atoms. The van der Waals surface area contributed by atoms with Crippen LogP contribution in [-0.2, 0) is 0 Å². The number of para-hydroxylation sites is 1. The monoisotopic (exact) mass is 691 g/mol. The summed E-state index contributed by atoms with van der Waals surface area (Å²) in [6, 6.07) is 60.4. The lowest BCUT2D eigenvalue weighted by molar-refractivity contribution is 0.668. The average molecular weight is 692 g/mol. The van der Waals surface area contributed by atoms with Crippen LogP contribution < -0.4 is 0 Å². The van der Waals surface area contributed by atoms with Crippen LogP contribution in [0.2, 0.25) is 0 Å². The zero-order chi connectivity index (χ0) is 35.6. The van der Waals surface area contributed by atoms with Gasteiger partial charge in [-0.05, 0) is 63.4 Å². The Labute approximate surface area is 309 Å². The van der Waals surface area contributed by atoms with Crippen LogP contribution in [-0.4, -0.2) is 15.0 Å². The second-order valence-electron chi connectivity index (χ2n) is 13.5. The number of benzene rings is 8. The first-order valence-corrected chi connectivity index (χ1v) is 18.0. The van der Waals surface area contributed by atoms with Gasteiger partial charge in [0, 0.05) is 38.2 Å². The van der Waals surface area contributed by atoms with Gasteiger partial charge in [-0.2, -0.15) is 0 Å². The number of hydrogen-bond donors (Lipinski definition) is 0. The number of furan rings is 2. The molecule has 3 aromatic heterocycles. The largest absolute Gasteiger partial charge is 0.456 e. The average Bonchev–Trinajstić information content (AvgIpc) is 3.82. The Kier molecular flexibility index (Phi) is 6.79. The molecular formula is C49H29N3O2. The summed E-state index contributed by atoms with van der Waals surface area (Å²) in [4.78, 5) is 15.2. The third kappa shape index (κ3) is 4.90. The van der Waals surface area contributed by atoms with E-state index in [-0.39, 0.29) is 0 Å². The highest BCUT2D eigenvalue weighted by Crippen LogP contribution is 2.41. The van der Waals surface area contributed by atoms with E-state index in [0.29, 0.717) is 17.5 Å². The second kappa shape index (κ2) is 12.1. The predicted octanol–water partition coefficient (Wildman–Crippen LogP) is 13.2. The van der Waals surface area contributed by atoms with E-state index in [2.05, 4.69) is 109 Å². The maximum absolute atomic E-state index is 6.58. The quantitative estimate of drug-likeness (QED) is 0.180. The number of aromatic nitrogens is 3. The van der Waals surface area contributed by atoms with Gasteiger partial charge in [-0.1, -0.05) is 146 Å². The van der Waals surface area contributed by atoms with Crippen molar-refractivity contribution in [3.05, 3.63) is 176 Å². The molecule has 252 valence electrons. The summed E-state index contributed by atoms with van der Waals surface area (Å²) in [5.41, 5.74) is 10.5. The van der Waals surface area contributed by atoms with E-state index in [0.717, 1.165) is 77.3 Å². The van der Waals surface area contributed by atoms with Crippen molar-refractivity contribution in [2.45, 2.75) is 0 Å². The van der Waals surface area contributed by atoms with Crippen LogP contribution in [0, 0.1) is 0 Å². The molecule has 0 fully saturated rings. The van der Waals surface area contributed by atoms with Gasteiger partial charge < -0.3 is 8.83 Å². The van der Waals surface area contributed by atoms with Gasteiger partial charge >= 0.3 is 0 Å². The van der Waals surface area contributed by atoms with Gasteiger partial charge in [0.15, 0.2) is 17.5 Å². The Morgan fingerprint density at radius 3 is 1.63 bits per heavy atom. The summed E-state index contributed by atoms with van der Waals surface area (Å²) in [6.07, 6.45) is 0. The SMILES string of the molecule is c1ccc(-c2nc(-c3ccc(-c4cccc5ccccc45)cc3)nc(-c3cccc4oc5cc(-c6cccc7oc8ccccc8c67)ccc5c34)n2)cc1. The summed E-state index contributed by atoms with van der Waals surface area (Å²) < 4.78 is 12.8. The summed E-state index contributed by atoms with van der Waals surface area (Å²) in [5.74, 6) is 1.81. The molecule has 0 bridgehead atoms. The minimum Gasteiger partial charge on any atom is -0.456 e. The molecule has 3 heterocycles. The molecule has 5 nitrogen and oxygen atoms in total. The summed E-state index contributed by atoms with van der Waals surface area (Å²) in [7, 11) is 0. The highest BCUT2D eigenvalue weighted by Gasteiger charge is 2.19. The van der Waals surface area contributed by atoms with Gasteiger partial charge in [-0.3, -0.25) is 0 Å². The molecule has 11 aromatic rings. The number of rotatable bonds is 5. The van der Waals surface area contributed by atoms with Crippen molar-refractivity contribution in [2.75, 3.05) is 0 Å². The van der Waals surface area contributed by atoms with Crippen LogP contribution in [0.15, 0.2) is 185 Å². The van der Waals surface area contributed by atoms with Crippen LogP contribution in [0.25, 0.3) is 111 Å². The molecule has 0 spiro atoms. The third-order valence-electron chi connectivity index (χ3n) is 10.4. The molecule has 0 saturated heterocycles. The first-order chi connectivity index (χ1) is 26.7. The van der Waals surface area contributed by atoms with E-state index < -0.39 is 0 Å². The molecule has 0 aliphatic heterocycles. The molecule has 5 heteroatoms. The van der Waals surface area contributed by atoms with Gasteiger partial charge in [0.2, 0.25) is 0 Å². The van der Waals surface area contributed by atoms with Crippen LogP contribution >= 0.6 is 0 Å². The lowest BCUT2D eigenvalue weighted by Crippen LogP contribution is -2.00. The van der Waals surface area contributed by atoms with E-state index in [1.165, 1.54) is 16.3 Å². The topological polar surface area (TPSA) is 65.0 Å². The molecule has 0 aliphatic carbocycles. The molecule has 0 saturated carbocycles. The second-order valence-corrected chi connectivity index (χ2v) is 13.5. The molecule has 0 amide bonds. The maximum Gasteiger partial charge on any atom is 0.164 e. The fourth-order valence-electron chi connectivity index (χ4n) is 7.81. The molecular weight excluding hydrogens is 663 g/mol. The fraction of sp³-hybridized carbons (Fsp3) is 0. The van der Waals surface area contributed by atoms with E-state index in [4.69, 9.17) is 23.8 Å². The standard InChI is InChI=1S/C49H29N3O2/c1-2-12-32(13-3-1)47-50-48(33-25-23-31(24-26-33)36-17-8-14-30-11-4-5-15-35(30)36)52-49(51-47)40-19-10-22-43-46(40)39-28-27-34(29-44(39)54-43)37-18-9-21-42-45(37)38-16-6-7-20-41(38)53-42/h1-29H. The predicted molar refractivity (Wildman–Crippen MR) is 219 cm³/mol. The lowest BCUT2D eigenvalue weighted by Gasteiger charge is -2.10. The first kappa shape index (κ1) is 30.3. The molecule has 0 N–H and O–H groups in total. The van der Waals surface area contributed by atoms with Gasteiger partial charge in [0.1, 0.15) is 22.3 Å². The maximum atomic E-state index is 6.58. The molecule has 8 aromatic carbocycles. The normalized spacial score (nSPS) is 11.7. The highest BCUT2D eigenvalue weighted by molar-refractivity contribution is 6.15. The van der Waals surface area contributed by atoms with Gasteiger partial charge in [-0.15, -0.1) is 0 Å². The van der Waals surface area contributed by atoms with Gasteiger partial charge in [0.25, 0.3) is 0 Å². The van der Waals surface area contributed by atoms with Gasteiger partial charge in [-0.25, -0.2) is 15.0 Å². The van der Waals surface area contributed by atoms with E-state index >= 15 is 0 Å². The zero-order valence-corrected chi connectivity index (χ0v) is 28.9. The summed E-state index contributed by atoms with van der Waals surface area (Å²) >= 11 is 0. The fourth-order valence-corrected chi connectivity index (χ4v) is 7.81. The Balaban J connectivity index is 1.05. The lowest BCUT2D eigenvalue weighted by atomic mass is 9.97. The zero-order valence-electron chi connectivity index (χ0n) is 28.9. The molecule has 0 aliphatic rings. The van der Waals surface area contributed by atoms with Crippen molar-refractivity contribution in [3.63, 3.8) is 0 Å². The van der Waals surface area contributed by atoms with Crippen molar-refractivity contribution in [1.82, 2.24) is 15.0 Å². The van der Waals surface area contributed by atoms with Crippen molar-refractivity contribution in [3.8, 4) is 56.4 Å². The van der Waals surface area contributed by atoms with Crippen LogP contribution in [0.1, 0.15) is 0 Å². The van der Waals surface area contributed by atoms with E-state index in [1.54, 1.807) is 0 Å². The smallest absolute Gasteiger partial charge is 0.164 e. The molecule has 0 atom stereocenters. The Bertz CT molecular complexity index is 3210. The Hall–Kier alpha value is -7.37. The number of fused-ring (bicyclic) bond motifs is 7. The summed E-state index contributed by atoms with van der Waals surface area (Å²) in [6.45, 7) is 0. The van der Waals surface area contributed by atoms with Gasteiger partial charge in [0.05, 0.1) is 0 Å². The van der Waals surface area contributed by atoms with Crippen molar-refractivity contribution >= 4 is 54.6 Å². The number of nitrogens with zero attached hydrogens (tertiary/aromatic N) is 3. The highest BCUT2D eigenvalue weighted by atomic mass is 16.3. The Morgan fingerprint density at radius 2 is 0.815 bits per heavy atom. The van der Waals surface area contributed by atoms with Crippen molar-refractivity contribution in [1.29, 1.82) is 0 Å². The molecule has 11 rings (SSSR count). The van der Waals surface area contributed by atoms with Crippen LogP contribution in [0.3, 0.4) is 0 Å². The van der Waals surface area contributed by atoms with Crippen molar-refractivity contribution in [2.24, 2.45) is 0 Å². The Morgan fingerprint density at radius 1 is 0.296 bits per heavy atom. The third-order valence-corrected chi connectivity index (χ3v) is 10.4.